The van der Waals surface area contributed by atoms with E-state index in [1.165, 1.54) is 5.56 Å². The monoisotopic (exact) mass is 259 g/mol. The van der Waals surface area contributed by atoms with Crippen LogP contribution in [0.1, 0.15) is 67.4 Å². The molecule has 0 radical (unpaired) electrons. The highest BCUT2D eigenvalue weighted by Gasteiger charge is 2.16. The third-order valence-electron chi connectivity index (χ3n) is 3.68. The van der Waals surface area contributed by atoms with Crippen molar-refractivity contribution in [3.63, 3.8) is 0 Å². The van der Waals surface area contributed by atoms with Gasteiger partial charge < -0.3 is 5.73 Å². The van der Waals surface area contributed by atoms with Crippen molar-refractivity contribution in [2.24, 2.45) is 5.73 Å². The van der Waals surface area contributed by atoms with E-state index in [0.29, 0.717) is 11.5 Å². The molecule has 0 fully saturated rings. The lowest BCUT2D eigenvalue weighted by molar-refractivity contribution is 0.0999. The molecule has 2 heteroatoms. The fraction of sp³-hybridized carbons (Fsp3) is 0.471. The van der Waals surface area contributed by atoms with Crippen LogP contribution >= 0.6 is 0 Å². The third kappa shape index (κ3) is 3.95. The first-order valence-corrected chi connectivity index (χ1v) is 7.18. The topological polar surface area (TPSA) is 43.1 Å². The van der Waals surface area contributed by atoms with Crippen molar-refractivity contribution in [1.29, 1.82) is 0 Å². The molecule has 104 valence electrons. The fourth-order valence-corrected chi connectivity index (χ4v) is 2.66. The average molecular weight is 259 g/mol. The van der Waals surface area contributed by atoms with Crippen molar-refractivity contribution in [3.8, 4) is 0 Å². The zero-order valence-corrected chi connectivity index (χ0v) is 12.3. The van der Waals surface area contributed by atoms with E-state index >= 15 is 0 Å². The first kappa shape index (κ1) is 15.5. The number of hydrogen-bond donors (Lipinski definition) is 1. The number of benzene rings is 1. The summed E-state index contributed by atoms with van der Waals surface area (Å²) >= 11 is 0. The average Bonchev–Trinajstić information content (AvgIpc) is 2.42. The Morgan fingerprint density at radius 2 is 2.11 bits per heavy atom. The molecular formula is C17H25NO. The summed E-state index contributed by atoms with van der Waals surface area (Å²) in [7, 11) is 0. The molecule has 0 aliphatic rings. The van der Waals surface area contributed by atoms with E-state index in [2.05, 4.69) is 32.1 Å². The van der Waals surface area contributed by atoms with Crippen LogP contribution in [0.2, 0.25) is 0 Å². The van der Waals surface area contributed by atoms with Gasteiger partial charge in [0.05, 0.1) is 0 Å². The maximum atomic E-state index is 11.5. The Bertz CT molecular complexity index is 449. The summed E-state index contributed by atoms with van der Waals surface area (Å²) in [6.45, 7) is 6.34. The minimum atomic E-state index is -0.318. The van der Waals surface area contributed by atoms with Crippen molar-refractivity contribution >= 4 is 5.91 Å². The van der Waals surface area contributed by atoms with Crippen LogP contribution in [0.25, 0.3) is 0 Å². The Morgan fingerprint density at radius 3 is 2.63 bits per heavy atom. The van der Waals surface area contributed by atoms with Gasteiger partial charge in [0, 0.05) is 5.56 Å². The second-order valence-electron chi connectivity index (χ2n) is 4.84. The zero-order valence-electron chi connectivity index (χ0n) is 12.3. The number of nitrogens with two attached hydrogens (primary N) is 1. The van der Waals surface area contributed by atoms with Crippen molar-refractivity contribution < 1.29 is 4.79 Å². The molecule has 1 unspecified atom stereocenters. The molecule has 2 N–H and O–H groups in total. The molecule has 0 aliphatic heterocycles. The molecule has 0 aromatic heterocycles. The Balaban J connectivity index is 3.08. The van der Waals surface area contributed by atoms with E-state index in [-0.39, 0.29) is 5.91 Å². The first-order chi connectivity index (χ1) is 9.15. The number of amides is 1. The fourth-order valence-electron chi connectivity index (χ4n) is 2.66. The van der Waals surface area contributed by atoms with Gasteiger partial charge in [-0.3, -0.25) is 4.79 Å². The molecule has 0 saturated heterocycles. The SMILES string of the molecule is CC=CCCC(CC)c1cccc(C(N)=O)c1CC. The predicted octanol–water partition coefficient (Wildman–Crippen LogP) is 4.20. The number of hydrogen-bond acceptors (Lipinski definition) is 1. The summed E-state index contributed by atoms with van der Waals surface area (Å²) < 4.78 is 0. The van der Waals surface area contributed by atoms with Crippen molar-refractivity contribution in [3.05, 3.63) is 47.0 Å². The lowest BCUT2D eigenvalue weighted by Crippen LogP contribution is -2.15. The third-order valence-corrected chi connectivity index (χ3v) is 3.68. The molecule has 1 atom stereocenters. The number of primary amides is 1. The van der Waals surface area contributed by atoms with Crippen molar-refractivity contribution in [2.45, 2.75) is 52.4 Å². The highest BCUT2D eigenvalue weighted by atomic mass is 16.1. The minimum Gasteiger partial charge on any atom is -0.366 e. The number of rotatable bonds is 7. The largest absolute Gasteiger partial charge is 0.366 e. The minimum absolute atomic E-state index is 0.318. The lowest BCUT2D eigenvalue weighted by Gasteiger charge is -2.20. The van der Waals surface area contributed by atoms with Gasteiger partial charge in [-0.05, 0) is 55.7 Å². The van der Waals surface area contributed by atoms with E-state index in [4.69, 9.17) is 5.73 Å². The van der Waals surface area contributed by atoms with Gasteiger partial charge in [-0.25, -0.2) is 0 Å². The molecule has 0 spiro atoms. The molecular weight excluding hydrogens is 234 g/mol. The summed E-state index contributed by atoms with van der Waals surface area (Å²) in [4.78, 5) is 11.5. The van der Waals surface area contributed by atoms with E-state index < -0.39 is 0 Å². The Morgan fingerprint density at radius 1 is 1.37 bits per heavy atom. The van der Waals surface area contributed by atoms with E-state index in [1.54, 1.807) is 0 Å². The van der Waals surface area contributed by atoms with E-state index in [1.807, 2.05) is 19.1 Å². The number of carbonyl (C=O) groups excluding carboxylic acids is 1. The van der Waals surface area contributed by atoms with E-state index in [9.17, 15) is 4.79 Å². The van der Waals surface area contributed by atoms with Crippen LogP contribution in [0.5, 0.6) is 0 Å². The lowest BCUT2D eigenvalue weighted by atomic mass is 9.85. The number of allylic oxidation sites excluding steroid dienone is 2. The molecule has 1 amide bonds. The first-order valence-electron chi connectivity index (χ1n) is 7.18. The molecule has 0 aliphatic carbocycles. The van der Waals surface area contributed by atoms with Crippen LogP contribution in [-0.4, -0.2) is 5.91 Å². The molecule has 0 bridgehead atoms. The van der Waals surface area contributed by atoms with Crippen LogP contribution in [0, 0.1) is 0 Å². The van der Waals surface area contributed by atoms with Crippen LogP contribution in [0.4, 0.5) is 0 Å². The summed E-state index contributed by atoms with van der Waals surface area (Å²) in [5, 5.41) is 0. The van der Waals surface area contributed by atoms with Crippen LogP contribution in [0.15, 0.2) is 30.4 Å². The smallest absolute Gasteiger partial charge is 0.248 e. The van der Waals surface area contributed by atoms with Crippen molar-refractivity contribution in [1.82, 2.24) is 0 Å². The molecule has 1 rings (SSSR count). The predicted molar refractivity (Wildman–Crippen MR) is 81.4 cm³/mol. The Hall–Kier alpha value is -1.57. The normalized spacial score (nSPS) is 12.8. The van der Waals surface area contributed by atoms with Gasteiger partial charge in [0.25, 0.3) is 0 Å². The molecule has 2 nitrogen and oxygen atoms in total. The highest BCUT2D eigenvalue weighted by Crippen LogP contribution is 2.30. The summed E-state index contributed by atoms with van der Waals surface area (Å²) in [6.07, 6.45) is 8.44. The van der Waals surface area contributed by atoms with Gasteiger partial charge in [-0.2, -0.15) is 0 Å². The maximum Gasteiger partial charge on any atom is 0.248 e. The van der Waals surface area contributed by atoms with Gasteiger partial charge >= 0.3 is 0 Å². The van der Waals surface area contributed by atoms with Crippen molar-refractivity contribution in [2.75, 3.05) is 0 Å². The van der Waals surface area contributed by atoms with Gasteiger partial charge in [0.15, 0.2) is 0 Å². The maximum absolute atomic E-state index is 11.5. The summed E-state index contributed by atoms with van der Waals surface area (Å²) in [5.41, 5.74) is 8.58. The molecule has 1 aromatic carbocycles. The quantitative estimate of drug-likeness (QED) is 0.733. The highest BCUT2D eigenvalue weighted by molar-refractivity contribution is 5.94. The molecule has 1 aromatic rings. The standard InChI is InChI=1S/C17H25NO/c1-4-7-8-10-13(5-2)15-11-9-12-16(17(18)19)14(15)6-3/h4,7,9,11-13H,5-6,8,10H2,1-3H3,(H2,18,19). The Kier molecular flexibility index (Phi) is 6.34. The molecule has 0 saturated carbocycles. The van der Waals surface area contributed by atoms with Gasteiger partial charge in [0.1, 0.15) is 0 Å². The summed E-state index contributed by atoms with van der Waals surface area (Å²) in [6, 6.07) is 5.94. The van der Waals surface area contributed by atoms with Gasteiger partial charge in [-0.1, -0.05) is 38.1 Å². The van der Waals surface area contributed by atoms with E-state index in [0.717, 1.165) is 31.2 Å². The van der Waals surface area contributed by atoms with Crippen LogP contribution in [-0.2, 0) is 6.42 Å². The van der Waals surface area contributed by atoms with Gasteiger partial charge in [0.2, 0.25) is 5.91 Å². The molecule has 19 heavy (non-hydrogen) atoms. The van der Waals surface area contributed by atoms with Crippen LogP contribution in [0.3, 0.4) is 0 Å². The van der Waals surface area contributed by atoms with Gasteiger partial charge in [-0.15, -0.1) is 0 Å². The second kappa shape index (κ2) is 7.78. The second-order valence-corrected chi connectivity index (χ2v) is 4.84. The molecule has 0 heterocycles. The zero-order chi connectivity index (χ0) is 14.3. The number of carbonyl (C=O) groups is 1. The van der Waals surface area contributed by atoms with Crippen LogP contribution < -0.4 is 5.73 Å². The Labute approximate surface area is 116 Å². The summed E-state index contributed by atoms with van der Waals surface area (Å²) in [5.74, 6) is 0.187.